The minimum absolute atomic E-state index is 0.193. The SMILES string of the molecule is CCCn1ccc(C(=O)N2CCOCCOc3ccccc3Oc3ccc(Cl)cc3NC(=O)C2)n1. The summed E-state index contributed by atoms with van der Waals surface area (Å²) in [4.78, 5) is 27.6. The van der Waals surface area contributed by atoms with Crippen molar-refractivity contribution in [3.63, 3.8) is 0 Å². The average molecular weight is 499 g/mol. The number of carbonyl (C=O) groups is 2. The molecule has 3 aromatic rings. The molecule has 1 aliphatic heterocycles. The minimum atomic E-state index is -0.405. The van der Waals surface area contributed by atoms with E-state index in [1.54, 1.807) is 47.3 Å². The van der Waals surface area contributed by atoms with E-state index in [1.807, 2.05) is 19.1 Å². The van der Waals surface area contributed by atoms with Crippen LogP contribution in [0.5, 0.6) is 17.2 Å². The molecular formula is C25H27ClN4O5. The third-order valence-corrected chi connectivity index (χ3v) is 5.44. The second-order valence-electron chi connectivity index (χ2n) is 7.89. The van der Waals surface area contributed by atoms with Crippen molar-refractivity contribution >= 4 is 29.1 Å². The topological polar surface area (TPSA) is 94.9 Å². The van der Waals surface area contributed by atoms with Crippen LogP contribution in [0.3, 0.4) is 0 Å². The summed E-state index contributed by atoms with van der Waals surface area (Å²) in [5.74, 6) is 0.658. The van der Waals surface area contributed by atoms with Crippen molar-refractivity contribution in [2.24, 2.45) is 0 Å². The Morgan fingerprint density at radius 3 is 2.74 bits per heavy atom. The summed E-state index contributed by atoms with van der Waals surface area (Å²) in [6.45, 7) is 3.59. The number of rotatable bonds is 3. The van der Waals surface area contributed by atoms with E-state index in [0.29, 0.717) is 47.7 Å². The van der Waals surface area contributed by atoms with Crippen LogP contribution in [0.1, 0.15) is 23.8 Å². The van der Waals surface area contributed by atoms with E-state index < -0.39 is 5.91 Å². The van der Waals surface area contributed by atoms with Gasteiger partial charge in [-0.3, -0.25) is 14.3 Å². The monoisotopic (exact) mass is 498 g/mol. The number of anilines is 1. The standard InChI is InChI=1S/C25H27ClN4O5/c1-2-10-30-11-9-19(28-30)25(32)29-12-13-33-14-15-34-22-5-3-4-6-23(22)35-21-8-7-18(26)16-20(21)27-24(31)17-29/h3-9,11,16H,2,10,12-15,17H2,1H3,(H,27,31). The van der Waals surface area contributed by atoms with Gasteiger partial charge in [-0.1, -0.05) is 30.7 Å². The number of nitrogens with one attached hydrogen (secondary N) is 1. The fourth-order valence-electron chi connectivity index (χ4n) is 3.56. The van der Waals surface area contributed by atoms with Crippen LogP contribution >= 0.6 is 11.6 Å². The number of para-hydroxylation sites is 2. The van der Waals surface area contributed by atoms with Gasteiger partial charge in [-0.25, -0.2) is 0 Å². The molecule has 0 radical (unpaired) electrons. The molecule has 0 unspecified atom stereocenters. The van der Waals surface area contributed by atoms with Gasteiger partial charge in [-0.15, -0.1) is 0 Å². The third kappa shape index (κ3) is 6.52. The lowest BCUT2D eigenvalue weighted by molar-refractivity contribution is -0.117. The van der Waals surface area contributed by atoms with Crippen molar-refractivity contribution in [2.75, 3.05) is 38.2 Å². The second-order valence-corrected chi connectivity index (χ2v) is 8.33. The van der Waals surface area contributed by atoms with Crippen molar-refractivity contribution in [3.05, 3.63) is 65.4 Å². The summed E-state index contributed by atoms with van der Waals surface area (Å²) in [5.41, 5.74) is 0.651. The van der Waals surface area contributed by atoms with Gasteiger partial charge >= 0.3 is 0 Å². The number of aromatic nitrogens is 2. The Labute approximate surface area is 208 Å². The fourth-order valence-corrected chi connectivity index (χ4v) is 3.73. The van der Waals surface area contributed by atoms with Gasteiger partial charge in [0.1, 0.15) is 18.8 Å². The summed E-state index contributed by atoms with van der Waals surface area (Å²) in [7, 11) is 0. The Morgan fingerprint density at radius 1 is 1.09 bits per heavy atom. The van der Waals surface area contributed by atoms with E-state index in [4.69, 9.17) is 25.8 Å². The highest BCUT2D eigenvalue weighted by atomic mass is 35.5. The van der Waals surface area contributed by atoms with Gasteiger partial charge in [-0.05, 0) is 42.8 Å². The van der Waals surface area contributed by atoms with Gasteiger partial charge in [0.2, 0.25) is 5.91 Å². The third-order valence-electron chi connectivity index (χ3n) is 5.21. The number of aryl methyl sites for hydroxylation is 1. The normalized spacial score (nSPS) is 14.9. The first-order chi connectivity index (χ1) is 17.0. The van der Waals surface area contributed by atoms with Crippen LogP contribution in [0, 0.1) is 0 Å². The number of carbonyl (C=O) groups excluding carboxylic acids is 2. The molecule has 1 aliphatic rings. The Bertz CT molecular complexity index is 1180. The Balaban J connectivity index is 1.58. The number of benzene rings is 2. The van der Waals surface area contributed by atoms with Gasteiger partial charge < -0.3 is 24.4 Å². The molecule has 1 aromatic heterocycles. The number of halogens is 1. The summed E-state index contributed by atoms with van der Waals surface area (Å²) < 4.78 is 19.3. The van der Waals surface area contributed by atoms with Crippen LogP contribution in [-0.4, -0.2) is 59.4 Å². The van der Waals surface area contributed by atoms with Crippen molar-refractivity contribution in [2.45, 2.75) is 19.9 Å². The van der Waals surface area contributed by atoms with Gasteiger partial charge in [0.05, 0.1) is 18.9 Å². The molecule has 2 aromatic carbocycles. The smallest absolute Gasteiger partial charge is 0.274 e. The molecular weight excluding hydrogens is 472 g/mol. The van der Waals surface area contributed by atoms with Gasteiger partial charge in [-0.2, -0.15) is 5.10 Å². The molecule has 0 aliphatic carbocycles. The number of ether oxygens (including phenoxy) is 3. The molecule has 4 rings (SSSR count). The molecule has 2 amide bonds. The largest absolute Gasteiger partial charge is 0.487 e. The first-order valence-electron chi connectivity index (χ1n) is 11.4. The lowest BCUT2D eigenvalue weighted by Crippen LogP contribution is -2.40. The lowest BCUT2D eigenvalue weighted by atomic mass is 10.2. The highest BCUT2D eigenvalue weighted by molar-refractivity contribution is 6.31. The average Bonchev–Trinajstić information content (AvgIpc) is 3.31. The van der Waals surface area contributed by atoms with E-state index in [0.717, 1.165) is 6.42 Å². The van der Waals surface area contributed by atoms with Crippen LogP contribution < -0.4 is 14.8 Å². The van der Waals surface area contributed by atoms with Gasteiger partial charge in [0.15, 0.2) is 17.2 Å². The zero-order valence-electron chi connectivity index (χ0n) is 19.4. The van der Waals surface area contributed by atoms with Crippen molar-refractivity contribution in [3.8, 4) is 17.2 Å². The summed E-state index contributed by atoms with van der Waals surface area (Å²) >= 11 is 6.18. The van der Waals surface area contributed by atoms with Crippen LogP contribution in [0.15, 0.2) is 54.7 Å². The van der Waals surface area contributed by atoms with Crippen molar-refractivity contribution < 1.29 is 23.8 Å². The zero-order valence-corrected chi connectivity index (χ0v) is 20.2. The minimum Gasteiger partial charge on any atom is -0.487 e. The maximum absolute atomic E-state index is 13.2. The van der Waals surface area contributed by atoms with E-state index >= 15 is 0 Å². The Kier molecular flexibility index (Phi) is 8.23. The van der Waals surface area contributed by atoms with Crippen molar-refractivity contribution in [1.29, 1.82) is 0 Å². The maximum atomic E-state index is 13.2. The number of amides is 2. The zero-order chi connectivity index (χ0) is 24.6. The first kappa shape index (κ1) is 24.6. The van der Waals surface area contributed by atoms with Gasteiger partial charge in [0, 0.05) is 24.3 Å². The van der Waals surface area contributed by atoms with Crippen LogP contribution in [0.25, 0.3) is 0 Å². The maximum Gasteiger partial charge on any atom is 0.274 e. The van der Waals surface area contributed by atoms with E-state index in [2.05, 4.69) is 10.4 Å². The first-order valence-corrected chi connectivity index (χ1v) is 11.8. The quantitative estimate of drug-likeness (QED) is 0.580. The van der Waals surface area contributed by atoms with Crippen LogP contribution in [-0.2, 0) is 16.1 Å². The summed E-state index contributed by atoms with van der Waals surface area (Å²) in [6.07, 6.45) is 2.65. The fraction of sp³-hybridized carbons (Fsp3) is 0.320. The summed E-state index contributed by atoms with van der Waals surface area (Å²) in [6, 6.07) is 13.8. The number of nitrogens with zero attached hydrogens (tertiary/aromatic N) is 3. The van der Waals surface area contributed by atoms with Crippen molar-refractivity contribution in [1.82, 2.24) is 14.7 Å². The molecule has 10 heteroatoms. The predicted octanol–water partition coefficient (Wildman–Crippen LogP) is 4.23. The number of hydrogen-bond acceptors (Lipinski definition) is 6. The highest BCUT2D eigenvalue weighted by Crippen LogP contribution is 2.36. The van der Waals surface area contributed by atoms with E-state index in [9.17, 15) is 9.59 Å². The molecule has 0 spiro atoms. The predicted molar refractivity (Wildman–Crippen MR) is 131 cm³/mol. The Hall–Kier alpha value is -3.56. The molecule has 2 heterocycles. The summed E-state index contributed by atoms with van der Waals surface area (Å²) in [5, 5.41) is 7.58. The van der Waals surface area contributed by atoms with Gasteiger partial charge in [0.25, 0.3) is 5.91 Å². The molecule has 0 saturated heterocycles. The molecule has 1 N–H and O–H groups in total. The van der Waals surface area contributed by atoms with Crippen LogP contribution in [0.2, 0.25) is 5.02 Å². The molecule has 35 heavy (non-hydrogen) atoms. The highest BCUT2D eigenvalue weighted by Gasteiger charge is 2.22. The molecule has 0 fully saturated rings. The molecule has 184 valence electrons. The second kappa shape index (κ2) is 11.7. The lowest BCUT2D eigenvalue weighted by Gasteiger charge is -2.21. The number of hydrogen-bond donors (Lipinski definition) is 1. The molecule has 0 bridgehead atoms. The number of fused-ring (bicyclic) bond motifs is 2. The van der Waals surface area contributed by atoms with E-state index in [1.165, 1.54) is 4.90 Å². The molecule has 0 saturated carbocycles. The Morgan fingerprint density at radius 2 is 1.91 bits per heavy atom. The van der Waals surface area contributed by atoms with E-state index in [-0.39, 0.29) is 31.3 Å². The van der Waals surface area contributed by atoms with Crippen LogP contribution in [0.4, 0.5) is 5.69 Å². The molecule has 9 nitrogen and oxygen atoms in total. The molecule has 0 atom stereocenters.